The first-order valence-electron chi connectivity index (χ1n) is 6.14. The Morgan fingerprint density at radius 2 is 2.05 bits per heavy atom. The van der Waals surface area contributed by atoms with Gasteiger partial charge in [0.15, 0.2) is 11.0 Å². The first kappa shape index (κ1) is 14.3. The van der Waals surface area contributed by atoms with Crippen molar-refractivity contribution in [3.8, 4) is 0 Å². The monoisotopic (exact) mass is 304 g/mol. The number of anilines is 2. The van der Waals surface area contributed by atoms with Gasteiger partial charge in [0, 0.05) is 13.6 Å². The minimum absolute atomic E-state index is 0.281. The second-order valence-electron chi connectivity index (χ2n) is 4.61. The average molecular weight is 305 g/mol. The standard InChI is InChI=1S/C11H17ClN4O2S/c1-13-9-10(12)15-7-16-11(9)14-6-8-2-4-19(17,18)5-3-8/h7-8,13H,2-6H2,1H3,(H,14,15,16). The van der Waals surface area contributed by atoms with Gasteiger partial charge in [-0.3, -0.25) is 0 Å². The second-order valence-corrected chi connectivity index (χ2v) is 7.28. The smallest absolute Gasteiger partial charge is 0.157 e. The first-order chi connectivity index (χ1) is 9.02. The van der Waals surface area contributed by atoms with Gasteiger partial charge in [0.25, 0.3) is 0 Å². The van der Waals surface area contributed by atoms with Gasteiger partial charge in [0.05, 0.1) is 11.5 Å². The summed E-state index contributed by atoms with van der Waals surface area (Å²) in [6.07, 6.45) is 2.79. The lowest BCUT2D eigenvalue weighted by molar-refractivity contribution is 0.484. The number of sulfone groups is 1. The number of hydrogen-bond donors (Lipinski definition) is 2. The summed E-state index contributed by atoms with van der Waals surface area (Å²) in [5.74, 6) is 1.56. The van der Waals surface area contributed by atoms with Crippen molar-refractivity contribution in [2.45, 2.75) is 12.8 Å². The molecule has 0 aliphatic carbocycles. The third-order valence-corrected chi connectivity index (χ3v) is 5.29. The molecular formula is C11H17ClN4O2S. The van der Waals surface area contributed by atoms with E-state index < -0.39 is 9.84 Å². The Morgan fingerprint density at radius 1 is 1.37 bits per heavy atom. The summed E-state index contributed by atoms with van der Waals surface area (Å²) in [6, 6.07) is 0. The van der Waals surface area contributed by atoms with Gasteiger partial charge in [-0.15, -0.1) is 0 Å². The minimum Gasteiger partial charge on any atom is -0.383 e. The maximum Gasteiger partial charge on any atom is 0.157 e. The molecule has 1 saturated heterocycles. The van der Waals surface area contributed by atoms with E-state index in [9.17, 15) is 8.42 Å². The largest absolute Gasteiger partial charge is 0.383 e. The fourth-order valence-electron chi connectivity index (χ4n) is 2.10. The number of aromatic nitrogens is 2. The maximum absolute atomic E-state index is 11.3. The molecule has 19 heavy (non-hydrogen) atoms. The van der Waals surface area contributed by atoms with E-state index in [0.29, 0.717) is 42.0 Å². The van der Waals surface area contributed by atoms with Crippen LogP contribution in [0.15, 0.2) is 6.33 Å². The van der Waals surface area contributed by atoms with Gasteiger partial charge in [0.2, 0.25) is 0 Å². The van der Waals surface area contributed by atoms with Crippen LogP contribution in [0.25, 0.3) is 0 Å². The Hall–Kier alpha value is -1.08. The molecule has 1 aliphatic rings. The number of nitrogens with one attached hydrogen (secondary N) is 2. The van der Waals surface area contributed by atoms with Crippen molar-refractivity contribution in [1.82, 2.24) is 9.97 Å². The van der Waals surface area contributed by atoms with Gasteiger partial charge in [-0.05, 0) is 18.8 Å². The molecular weight excluding hydrogens is 288 g/mol. The van der Waals surface area contributed by atoms with Gasteiger partial charge >= 0.3 is 0 Å². The lowest BCUT2D eigenvalue weighted by atomic mass is 10.0. The zero-order chi connectivity index (χ0) is 13.9. The van der Waals surface area contributed by atoms with Crippen molar-refractivity contribution >= 4 is 32.9 Å². The molecule has 0 bridgehead atoms. The number of rotatable bonds is 4. The molecule has 1 fully saturated rings. The topological polar surface area (TPSA) is 84.0 Å². The number of nitrogens with zero attached hydrogens (tertiary/aromatic N) is 2. The van der Waals surface area contributed by atoms with Crippen LogP contribution >= 0.6 is 11.6 Å². The van der Waals surface area contributed by atoms with Crippen LogP contribution in [0.4, 0.5) is 11.5 Å². The lowest BCUT2D eigenvalue weighted by Gasteiger charge is -2.22. The molecule has 0 amide bonds. The van der Waals surface area contributed by atoms with Gasteiger partial charge in [0.1, 0.15) is 21.9 Å². The molecule has 6 nitrogen and oxygen atoms in total. The summed E-state index contributed by atoms with van der Waals surface area (Å²) in [5.41, 5.74) is 0.660. The fraction of sp³-hybridized carbons (Fsp3) is 0.636. The Morgan fingerprint density at radius 3 is 2.68 bits per heavy atom. The summed E-state index contributed by atoms with van der Waals surface area (Å²) in [7, 11) is -1.05. The van der Waals surface area contributed by atoms with Crippen molar-refractivity contribution in [3.05, 3.63) is 11.5 Å². The van der Waals surface area contributed by atoms with E-state index in [4.69, 9.17) is 11.6 Å². The van der Waals surface area contributed by atoms with Gasteiger partial charge < -0.3 is 10.6 Å². The molecule has 8 heteroatoms. The van der Waals surface area contributed by atoms with Crippen LogP contribution in [0.1, 0.15) is 12.8 Å². The van der Waals surface area contributed by atoms with E-state index >= 15 is 0 Å². The highest BCUT2D eigenvalue weighted by atomic mass is 35.5. The van der Waals surface area contributed by atoms with E-state index in [1.807, 2.05) is 0 Å². The Bertz CT molecular complexity index is 536. The predicted molar refractivity (Wildman–Crippen MR) is 76.5 cm³/mol. The van der Waals surface area contributed by atoms with Crippen LogP contribution in [-0.4, -0.2) is 43.5 Å². The molecule has 106 valence electrons. The van der Waals surface area contributed by atoms with Crippen molar-refractivity contribution in [3.63, 3.8) is 0 Å². The summed E-state index contributed by atoms with van der Waals surface area (Å²) in [5, 5.41) is 6.53. The normalized spacial score (nSPS) is 19.1. The Balaban J connectivity index is 1.95. The molecule has 0 spiro atoms. The summed E-state index contributed by atoms with van der Waals surface area (Å²) < 4.78 is 22.7. The van der Waals surface area contributed by atoms with Crippen LogP contribution in [0, 0.1) is 5.92 Å². The zero-order valence-corrected chi connectivity index (χ0v) is 12.3. The van der Waals surface area contributed by atoms with Crippen LogP contribution < -0.4 is 10.6 Å². The van der Waals surface area contributed by atoms with Crippen molar-refractivity contribution in [2.24, 2.45) is 5.92 Å². The average Bonchev–Trinajstić information content (AvgIpc) is 2.37. The van der Waals surface area contributed by atoms with Crippen molar-refractivity contribution in [1.29, 1.82) is 0 Å². The third kappa shape index (κ3) is 3.70. The number of halogens is 1. The quantitative estimate of drug-likeness (QED) is 0.818. The van der Waals surface area contributed by atoms with Gasteiger partial charge in [-0.2, -0.15) is 0 Å². The van der Waals surface area contributed by atoms with Crippen LogP contribution in [0.2, 0.25) is 5.15 Å². The van der Waals surface area contributed by atoms with Crippen molar-refractivity contribution in [2.75, 3.05) is 35.7 Å². The van der Waals surface area contributed by atoms with E-state index in [-0.39, 0.29) is 11.5 Å². The molecule has 2 rings (SSSR count). The molecule has 1 aromatic heterocycles. The minimum atomic E-state index is -2.81. The van der Waals surface area contributed by atoms with Crippen LogP contribution in [0.5, 0.6) is 0 Å². The molecule has 1 aliphatic heterocycles. The highest BCUT2D eigenvalue weighted by molar-refractivity contribution is 7.91. The zero-order valence-electron chi connectivity index (χ0n) is 10.7. The SMILES string of the molecule is CNc1c(Cl)ncnc1NCC1CCS(=O)(=O)CC1. The second kappa shape index (κ2) is 5.92. The molecule has 1 aromatic rings. The van der Waals surface area contributed by atoms with Crippen molar-refractivity contribution < 1.29 is 8.42 Å². The maximum atomic E-state index is 11.3. The molecule has 0 saturated carbocycles. The predicted octanol–water partition coefficient (Wildman–Crippen LogP) is 1.41. The fourth-order valence-corrected chi connectivity index (χ4v) is 3.92. The third-order valence-electron chi connectivity index (χ3n) is 3.28. The summed E-state index contributed by atoms with van der Waals surface area (Å²) in [4.78, 5) is 8.03. The van der Waals surface area contributed by atoms with Gasteiger partial charge in [-0.1, -0.05) is 11.6 Å². The summed E-state index contributed by atoms with van der Waals surface area (Å²) in [6.45, 7) is 0.692. The molecule has 0 aromatic carbocycles. The molecule has 2 heterocycles. The highest BCUT2D eigenvalue weighted by Crippen LogP contribution is 2.26. The number of hydrogen-bond acceptors (Lipinski definition) is 6. The first-order valence-corrected chi connectivity index (χ1v) is 8.34. The molecule has 0 atom stereocenters. The van der Waals surface area contributed by atoms with E-state index in [1.165, 1.54) is 6.33 Å². The van der Waals surface area contributed by atoms with E-state index in [0.717, 1.165) is 0 Å². The molecule has 2 N–H and O–H groups in total. The van der Waals surface area contributed by atoms with E-state index in [1.54, 1.807) is 7.05 Å². The molecule has 0 radical (unpaired) electrons. The van der Waals surface area contributed by atoms with Gasteiger partial charge in [-0.25, -0.2) is 18.4 Å². The van der Waals surface area contributed by atoms with Crippen LogP contribution in [-0.2, 0) is 9.84 Å². The summed E-state index contributed by atoms with van der Waals surface area (Å²) >= 11 is 5.96. The molecule has 0 unspecified atom stereocenters. The van der Waals surface area contributed by atoms with E-state index in [2.05, 4.69) is 20.6 Å². The van der Waals surface area contributed by atoms with Crippen LogP contribution in [0.3, 0.4) is 0 Å². The highest BCUT2D eigenvalue weighted by Gasteiger charge is 2.23. The Kier molecular flexibility index (Phi) is 4.46. The Labute approximate surface area is 117 Å². The lowest BCUT2D eigenvalue weighted by Crippen LogP contribution is -2.27.